The average Bonchev–Trinajstić information content (AvgIpc) is 3.02. The monoisotopic (exact) mass is 346 g/mol. The van der Waals surface area contributed by atoms with Crippen LogP contribution in [0.15, 0.2) is 58.6 Å². The molecule has 0 spiro atoms. The summed E-state index contributed by atoms with van der Waals surface area (Å²) in [7, 11) is -3.75. The Kier molecular flexibility index (Phi) is 4.25. The first-order valence-corrected chi connectivity index (χ1v) is 9.06. The molecule has 24 heavy (non-hydrogen) atoms. The second-order valence-electron chi connectivity index (χ2n) is 5.47. The second-order valence-corrected chi connectivity index (χ2v) is 7.19. The summed E-state index contributed by atoms with van der Waals surface area (Å²) in [6, 6.07) is 10.3. The number of rotatable bonds is 5. The quantitative estimate of drug-likeness (QED) is 0.760. The van der Waals surface area contributed by atoms with Crippen molar-refractivity contribution in [1.82, 2.24) is 18.9 Å². The Labute approximate surface area is 139 Å². The number of nitrogens with zero attached hydrogens (tertiary/aromatic N) is 3. The van der Waals surface area contributed by atoms with E-state index in [0.29, 0.717) is 6.54 Å². The molecule has 0 aliphatic carbocycles. The third kappa shape index (κ3) is 2.98. The maximum absolute atomic E-state index is 12.6. The van der Waals surface area contributed by atoms with Gasteiger partial charge in [-0.2, -0.15) is 5.10 Å². The highest BCUT2D eigenvalue weighted by Gasteiger charge is 2.21. The number of fused-ring (bicyclic) bond motifs is 1. The van der Waals surface area contributed by atoms with Crippen LogP contribution in [0.25, 0.3) is 5.52 Å². The number of aromatic nitrogens is 3. The number of sulfonamides is 1. The van der Waals surface area contributed by atoms with Crippen molar-refractivity contribution in [3.05, 3.63) is 64.8 Å². The lowest BCUT2D eigenvalue weighted by Crippen LogP contribution is -2.26. The van der Waals surface area contributed by atoms with Crippen LogP contribution in [0, 0.1) is 0 Å². The first-order chi connectivity index (χ1) is 11.4. The number of benzene rings is 1. The summed E-state index contributed by atoms with van der Waals surface area (Å²) in [5.74, 6) is 0. The molecule has 1 unspecified atom stereocenters. The predicted molar refractivity (Wildman–Crippen MR) is 90.3 cm³/mol. The van der Waals surface area contributed by atoms with Gasteiger partial charge in [0.2, 0.25) is 10.0 Å². The topological polar surface area (TPSA) is 85.5 Å². The van der Waals surface area contributed by atoms with Crippen molar-refractivity contribution in [1.29, 1.82) is 0 Å². The molecule has 0 saturated carbocycles. The van der Waals surface area contributed by atoms with Crippen LogP contribution in [0.2, 0.25) is 0 Å². The summed E-state index contributed by atoms with van der Waals surface area (Å²) >= 11 is 0. The van der Waals surface area contributed by atoms with Crippen LogP contribution < -0.4 is 10.3 Å². The maximum Gasteiger partial charge on any atom is 0.291 e. The number of hydrogen-bond acceptors (Lipinski definition) is 4. The van der Waals surface area contributed by atoms with Gasteiger partial charge in [-0.05, 0) is 25.5 Å². The maximum atomic E-state index is 12.6. The molecule has 0 aliphatic heterocycles. The van der Waals surface area contributed by atoms with Crippen molar-refractivity contribution in [3.8, 4) is 0 Å². The average molecular weight is 346 g/mol. The molecule has 0 radical (unpaired) electrons. The van der Waals surface area contributed by atoms with E-state index in [1.165, 1.54) is 27.7 Å². The van der Waals surface area contributed by atoms with Gasteiger partial charge in [-0.15, -0.1) is 0 Å². The van der Waals surface area contributed by atoms with Crippen LogP contribution in [0.4, 0.5) is 0 Å². The Bertz CT molecular complexity index is 1020. The zero-order chi connectivity index (χ0) is 17.3. The molecule has 0 saturated heterocycles. The van der Waals surface area contributed by atoms with E-state index in [0.717, 1.165) is 5.56 Å². The van der Waals surface area contributed by atoms with E-state index in [4.69, 9.17) is 0 Å². The summed E-state index contributed by atoms with van der Waals surface area (Å²) in [5, 5.41) is 3.98. The second kappa shape index (κ2) is 6.21. The summed E-state index contributed by atoms with van der Waals surface area (Å²) in [6.07, 6.45) is 2.82. The number of aryl methyl sites for hydroxylation is 1. The van der Waals surface area contributed by atoms with E-state index >= 15 is 0 Å². The lowest BCUT2D eigenvalue weighted by Gasteiger charge is -2.13. The van der Waals surface area contributed by atoms with E-state index in [1.54, 1.807) is 13.8 Å². The van der Waals surface area contributed by atoms with Crippen molar-refractivity contribution in [2.24, 2.45) is 0 Å². The van der Waals surface area contributed by atoms with E-state index in [1.807, 2.05) is 30.3 Å². The third-order valence-electron chi connectivity index (χ3n) is 3.83. The standard InChI is InChI=1S/C16H18N4O3S/c1-3-20-16(21)15-9-14(10-19(15)11-17-20)24(22,23)18-12(2)13-7-5-4-6-8-13/h4-12,18H,3H2,1-2H3. The summed E-state index contributed by atoms with van der Waals surface area (Å²) in [6.45, 7) is 3.99. The SMILES string of the molecule is CCn1ncn2cc(S(=O)(=O)NC(C)c3ccccc3)cc2c1=O. The van der Waals surface area contributed by atoms with Gasteiger partial charge in [0.1, 0.15) is 16.7 Å². The van der Waals surface area contributed by atoms with Gasteiger partial charge in [0.25, 0.3) is 5.56 Å². The van der Waals surface area contributed by atoms with Crippen molar-refractivity contribution in [2.45, 2.75) is 31.3 Å². The lowest BCUT2D eigenvalue weighted by molar-refractivity contribution is 0.567. The first kappa shape index (κ1) is 16.4. The molecule has 0 bridgehead atoms. The molecule has 1 atom stereocenters. The van der Waals surface area contributed by atoms with Gasteiger partial charge in [-0.25, -0.2) is 17.8 Å². The lowest BCUT2D eigenvalue weighted by atomic mass is 10.1. The molecule has 1 aromatic carbocycles. The van der Waals surface area contributed by atoms with Crippen molar-refractivity contribution >= 4 is 15.5 Å². The fourth-order valence-electron chi connectivity index (χ4n) is 2.51. The van der Waals surface area contributed by atoms with Crippen LogP contribution in [-0.2, 0) is 16.6 Å². The minimum absolute atomic E-state index is 0.0398. The molecule has 0 aliphatic rings. The highest BCUT2D eigenvalue weighted by atomic mass is 32.2. The molecule has 3 rings (SSSR count). The van der Waals surface area contributed by atoms with Crippen LogP contribution in [0.3, 0.4) is 0 Å². The summed E-state index contributed by atoms with van der Waals surface area (Å²) < 4.78 is 30.5. The fourth-order valence-corrected chi connectivity index (χ4v) is 3.76. The molecule has 1 N–H and O–H groups in total. The van der Waals surface area contributed by atoms with Crippen LogP contribution in [0.5, 0.6) is 0 Å². The minimum Gasteiger partial charge on any atom is -0.300 e. The molecule has 2 heterocycles. The number of nitrogens with one attached hydrogen (secondary N) is 1. The Morgan fingerprint density at radius 1 is 1.25 bits per heavy atom. The largest absolute Gasteiger partial charge is 0.300 e. The zero-order valence-corrected chi connectivity index (χ0v) is 14.2. The highest BCUT2D eigenvalue weighted by Crippen LogP contribution is 2.18. The Hall–Kier alpha value is -2.45. The smallest absolute Gasteiger partial charge is 0.291 e. The summed E-state index contributed by atoms with van der Waals surface area (Å²) in [5.41, 5.74) is 0.817. The molecule has 3 aromatic rings. The molecule has 0 amide bonds. The van der Waals surface area contributed by atoms with Crippen LogP contribution in [-0.4, -0.2) is 22.6 Å². The third-order valence-corrected chi connectivity index (χ3v) is 5.34. The molecule has 2 aromatic heterocycles. The van der Waals surface area contributed by atoms with Crippen LogP contribution >= 0.6 is 0 Å². The Morgan fingerprint density at radius 2 is 1.96 bits per heavy atom. The molecular formula is C16H18N4O3S. The van der Waals surface area contributed by atoms with Crippen LogP contribution in [0.1, 0.15) is 25.5 Å². The van der Waals surface area contributed by atoms with Crippen molar-refractivity contribution < 1.29 is 8.42 Å². The van der Waals surface area contributed by atoms with E-state index in [-0.39, 0.29) is 22.0 Å². The Morgan fingerprint density at radius 3 is 2.62 bits per heavy atom. The van der Waals surface area contributed by atoms with E-state index < -0.39 is 10.0 Å². The van der Waals surface area contributed by atoms with Gasteiger partial charge in [-0.1, -0.05) is 30.3 Å². The van der Waals surface area contributed by atoms with Gasteiger partial charge < -0.3 is 0 Å². The van der Waals surface area contributed by atoms with Crippen molar-refractivity contribution in [2.75, 3.05) is 0 Å². The molecular weight excluding hydrogens is 328 g/mol. The van der Waals surface area contributed by atoms with Gasteiger partial charge in [-0.3, -0.25) is 9.20 Å². The van der Waals surface area contributed by atoms with Crippen molar-refractivity contribution in [3.63, 3.8) is 0 Å². The minimum atomic E-state index is -3.75. The molecule has 7 nitrogen and oxygen atoms in total. The van der Waals surface area contributed by atoms with Gasteiger partial charge in [0.15, 0.2) is 0 Å². The van der Waals surface area contributed by atoms with E-state index in [2.05, 4.69) is 9.82 Å². The predicted octanol–water partition coefficient (Wildman–Crippen LogP) is 1.56. The molecule has 0 fully saturated rings. The summed E-state index contributed by atoms with van der Waals surface area (Å²) in [4.78, 5) is 12.2. The molecule has 126 valence electrons. The number of hydrogen-bond donors (Lipinski definition) is 1. The van der Waals surface area contributed by atoms with Gasteiger partial charge in [0, 0.05) is 18.8 Å². The fraction of sp³-hybridized carbons (Fsp3) is 0.250. The highest BCUT2D eigenvalue weighted by molar-refractivity contribution is 7.89. The van der Waals surface area contributed by atoms with Gasteiger partial charge >= 0.3 is 0 Å². The zero-order valence-electron chi connectivity index (χ0n) is 13.4. The molecule has 8 heteroatoms. The first-order valence-electron chi connectivity index (χ1n) is 7.57. The normalized spacial score (nSPS) is 13.2. The van der Waals surface area contributed by atoms with E-state index in [9.17, 15) is 13.2 Å². The Balaban J connectivity index is 1.97. The van der Waals surface area contributed by atoms with Gasteiger partial charge in [0.05, 0.1) is 0 Å².